The summed E-state index contributed by atoms with van der Waals surface area (Å²) < 4.78 is 1.30. The third-order valence-corrected chi connectivity index (χ3v) is 6.29. The van der Waals surface area contributed by atoms with E-state index in [9.17, 15) is 9.59 Å². The van der Waals surface area contributed by atoms with Crippen LogP contribution in [0.15, 0.2) is 70.8 Å². The second-order valence-electron chi connectivity index (χ2n) is 7.30. The number of thiazole rings is 1. The van der Waals surface area contributed by atoms with E-state index in [1.807, 2.05) is 42.6 Å². The number of carbonyl (C=O) groups excluding carboxylic acids is 1. The molecule has 2 heterocycles. The average molecular weight is 499 g/mol. The second kappa shape index (κ2) is 10.3. The summed E-state index contributed by atoms with van der Waals surface area (Å²) in [5, 5.41) is 7.75. The molecule has 4 aromatic rings. The Morgan fingerprint density at radius 2 is 1.88 bits per heavy atom. The van der Waals surface area contributed by atoms with Crippen molar-refractivity contribution < 1.29 is 4.79 Å². The lowest BCUT2D eigenvalue weighted by atomic mass is 10.2. The Morgan fingerprint density at radius 1 is 1.09 bits per heavy atom. The number of carbonyl (C=O) groups is 1. The van der Waals surface area contributed by atoms with E-state index in [1.165, 1.54) is 28.2 Å². The third kappa shape index (κ3) is 5.33. The molecule has 2 aromatic carbocycles. The molecule has 0 aliphatic carbocycles. The molecule has 168 valence electrons. The summed E-state index contributed by atoms with van der Waals surface area (Å²) in [6.45, 7) is 2.72. The molecule has 6 nitrogen and oxygen atoms in total. The van der Waals surface area contributed by atoms with E-state index < -0.39 is 0 Å². The Morgan fingerprint density at radius 3 is 2.61 bits per heavy atom. The van der Waals surface area contributed by atoms with Gasteiger partial charge < -0.3 is 0 Å². The van der Waals surface area contributed by atoms with E-state index in [-0.39, 0.29) is 23.7 Å². The van der Waals surface area contributed by atoms with Crippen LogP contribution in [0.1, 0.15) is 29.4 Å². The lowest BCUT2D eigenvalue weighted by Gasteiger charge is -2.19. The third-order valence-electron chi connectivity index (χ3n) is 4.88. The number of hydrogen-bond donors (Lipinski definition) is 0. The van der Waals surface area contributed by atoms with Gasteiger partial charge in [-0.2, -0.15) is 5.10 Å². The molecular formula is C24H20Cl2N4O2S. The molecule has 0 aliphatic heterocycles. The molecule has 4 rings (SSSR count). The number of benzene rings is 2. The second-order valence-corrected chi connectivity index (χ2v) is 8.98. The first kappa shape index (κ1) is 23.2. The first-order chi connectivity index (χ1) is 16.0. The minimum Gasteiger partial charge on any atom is -0.283 e. The van der Waals surface area contributed by atoms with Gasteiger partial charge in [-0.25, -0.2) is 9.67 Å². The number of amides is 1. The monoisotopic (exact) mass is 498 g/mol. The van der Waals surface area contributed by atoms with E-state index >= 15 is 0 Å². The van der Waals surface area contributed by atoms with Crippen molar-refractivity contribution in [2.24, 2.45) is 0 Å². The zero-order valence-corrected chi connectivity index (χ0v) is 20.1. The number of aromatic nitrogens is 3. The minimum absolute atomic E-state index is 0.181. The quantitative estimate of drug-likeness (QED) is 0.323. The highest BCUT2D eigenvalue weighted by Crippen LogP contribution is 2.33. The Balaban J connectivity index is 1.64. The topological polar surface area (TPSA) is 68.1 Å². The highest BCUT2D eigenvalue weighted by molar-refractivity contribution is 7.14. The van der Waals surface area contributed by atoms with Crippen molar-refractivity contribution in [3.63, 3.8) is 0 Å². The Labute approximate surface area is 205 Å². The van der Waals surface area contributed by atoms with E-state index in [2.05, 4.69) is 10.1 Å². The van der Waals surface area contributed by atoms with Gasteiger partial charge in [0.15, 0.2) is 5.13 Å². The van der Waals surface area contributed by atoms with Crippen LogP contribution in [0.2, 0.25) is 10.0 Å². The van der Waals surface area contributed by atoms with Gasteiger partial charge in [0.05, 0.1) is 17.3 Å². The summed E-state index contributed by atoms with van der Waals surface area (Å²) in [5.41, 5.74) is 2.23. The van der Waals surface area contributed by atoms with Crippen molar-refractivity contribution in [1.82, 2.24) is 14.8 Å². The highest BCUT2D eigenvalue weighted by atomic mass is 35.5. The maximum absolute atomic E-state index is 13.4. The standard InChI is InChI=1S/C24H20Cl2N4O2S/c1-2-12-29(24-27-21(15-33-24)18-9-8-17(25)13-19(18)26)23(32)20-10-11-22(31)30(28-20)14-16-6-4-3-5-7-16/h3-11,13,15H,2,12,14H2,1H3. The molecule has 0 unspecified atom stereocenters. The van der Waals surface area contributed by atoms with Gasteiger partial charge in [-0.3, -0.25) is 14.5 Å². The van der Waals surface area contributed by atoms with Crippen LogP contribution in [0.3, 0.4) is 0 Å². The van der Waals surface area contributed by atoms with Crippen LogP contribution >= 0.6 is 34.5 Å². The summed E-state index contributed by atoms with van der Waals surface area (Å²) >= 11 is 13.7. The molecule has 0 N–H and O–H groups in total. The smallest absolute Gasteiger partial charge is 0.280 e. The number of nitrogens with zero attached hydrogens (tertiary/aromatic N) is 4. The summed E-state index contributed by atoms with van der Waals surface area (Å²) in [6.07, 6.45) is 0.728. The number of rotatable bonds is 7. The maximum atomic E-state index is 13.4. The molecule has 0 atom stereocenters. The predicted octanol–water partition coefficient (Wildman–Crippen LogP) is 5.78. The molecule has 0 aliphatic rings. The van der Waals surface area contributed by atoms with Crippen molar-refractivity contribution in [2.45, 2.75) is 19.9 Å². The molecule has 0 bridgehead atoms. The van der Waals surface area contributed by atoms with Crippen molar-refractivity contribution in [3.05, 3.63) is 97.7 Å². The Bertz CT molecular complexity index is 1340. The van der Waals surface area contributed by atoms with E-state index in [1.54, 1.807) is 23.1 Å². The van der Waals surface area contributed by atoms with Gasteiger partial charge in [0, 0.05) is 28.6 Å². The number of anilines is 1. The molecule has 0 radical (unpaired) electrons. The lowest BCUT2D eigenvalue weighted by molar-refractivity contribution is 0.0979. The van der Waals surface area contributed by atoms with Crippen LogP contribution in [0.25, 0.3) is 11.3 Å². The van der Waals surface area contributed by atoms with Gasteiger partial charge >= 0.3 is 0 Å². The molecule has 0 saturated heterocycles. The molecular weight excluding hydrogens is 479 g/mol. The van der Waals surface area contributed by atoms with Crippen LogP contribution in [0, 0.1) is 0 Å². The summed E-state index contributed by atoms with van der Waals surface area (Å²) in [6, 6.07) is 17.5. The summed E-state index contributed by atoms with van der Waals surface area (Å²) in [5.74, 6) is -0.318. The highest BCUT2D eigenvalue weighted by Gasteiger charge is 2.23. The molecule has 0 saturated carbocycles. The normalized spacial score (nSPS) is 10.9. The van der Waals surface area contributed by atoms with Crippen molar-refractivity contribution in [3.8, 4) is 11.3 Å². The molecule has 0 spiro atoms. The lowest BCUT2D eigenvalue weighted by Crippen LogP contribution is -2.34. The fourth-order valence-corrected chi connectivity index (χ4v) is 4.64. The Kier molecular flexibility index (Phi) is 7.23. The minimum atomic E-state index is -0.318. The molecule has 0 fully saturated rings. The Hall–Kier alpha value is -3.00. The van der Waals surface area contributed by atoms with Gasteiger partial charge in [-0.05, 0) is 36.2 Å². The van der Waals surface area contributed by atoms with Gasteiger partial charge in [0.2, 0.25) is 0 Å². The molecule has 33 heavy (non-hydrogen) atoms. The zero-order valence-electron chi connectivity index (χ0n) is 17.7. The fraction of sp³-hybridized carbons (Fsp3) is 0.167. The van der Waals surface area contributed by atoms with Crippen LogP contribution in [-0.2, 0) is 6.54 Å². The van der Waals surface area contributed by atoms with Crippen LogP contribution < -0.4 is 10.5 Å². The number of hydrogen-bond acceptors (Lipinski definition) is 5. The van der Waals surface area contributed by atoms with Gasteiger partial charge in [0.1, 0.15) is 5.69 Å². The van der Waals surface area contributed by atoms with Crippen molar-refractivity contribution in [1.29, 1.82) is 0 Å². The average Bonchev–Trinajstić information content (AvgIpc) is 3.28. The fourth-order valence-electron chi connectivity index (χ4n) is 3.29. The predicted molar refractivity (Wildman–Crippen MR) is 134 cm³/mol. The molecule has 1 amide bonds. The van der Waals surface area contributed by atoms with Gasteiger partial charge in [-0.1, -0.05) is 60.5 Å². The van der Waals surface area contributed by atoms with E-state index in [4.69, 9.17) is 23.2 Å². The molecule has 2 aromatic heterocycles. The van der Waals surface area contributed by atoms with Crippen LogP contribution in [-0.4, -0.2) is 27.2 Å². The zero-order chi connectivity index (χ0) is 23.4. The van der Waals surface area contributed by atoms with Crippen LogP contribution in [0.4, 0.5) is 5.13 Å². The van der Waals surface area contributed by atoms with Crippen LogP contribution in [0.5, 0.6) is 0 Å². The van der Waals surface area contributed by atoms with Gasteiger partial charge in [0.25, 0.3) is 11.5 Å². The summed E-state index contributed by atoms with van der Waals surface area (Å²) in [7, 11) is 0. The SMILES string of the molecule is CCCN(C(=O)c1ccc(=O)n(Cc2ccccc2)n1)c1nc(-c2ccc(Cl)cc2Cl)cs1. The summed E-state index contributed by atoms with van der Waals surface area (Å²) in [4.78, 5) is 31.9. The largest absolute Gasteiger partial charge is 0.283 e. The van der Waals surface area contributed by atoms with E-state index in [0.717, 1.165) is 17.5 Å². The molecule has 9 heteroatoms. The van der Waals surface area contributed by atoms with Crippen molar-refractivity contribution >= 4 is 45.6 Å². The van der Waals surface area contributed by atoms with Gasteiger partial charge in [-0.15, -0.1) is 11.3 Å². The first-order valence-corrected chi connectivity index (χ1v) is 11.9. The van der Waals surface area contributed by atoms with E-state index in [0.29, 0.717) is 27.4 Å². The first-order valence-electron chi connectivity index (χ1n) is 10.3. The number of halogens is 2. The van der Waals surface area contributed by atoms with Crippen molar-refractivity contribution in [2.75, 3.05) is 11.4 Å². The maximum Gasteiger partial charge on any atom is 0.280 e.